The summed E-state index contributed by atoms with van der Waals surface area (Å²) in [6, 6.07) is 0. The summed E-state index contributed by atoms with van der Waals surface area (Å²) in [5, 5.41) is 27.7. The molecule has 64 valence electrons. The van der Waals surface area contributed by atoms with Crippen molar-refractivity contribution in [2.75, 3.05) is 0 Å². The minimum Gasteiger partial charge on any atom is -0.492 e. The molecule has 0 radical (unpaired) electrons. The zero-order valence-corrected chi connectivity index (χ0v) is 6.36. The topological polar surface area (TPSA) is 65.6 Å². The van der Waals surface area contributed by atoms with E-state index in [1.54, 1.807) is 0 Å². The second-order valence-corrected chi connectivity index (χ2v) is 2.80. The Morgan fingerprint density at radius 1 is 1.00 bits per heavy atom. The van der Waals surface area contributed by atoms with Crippen LogP contribution in [0.2, 0.25) is 0 Å². The molecule has 0 atom stereocenters. The summed E-state index contributed by atoms with van der Waals surface area (Å²) in [5.41, 5.74) is 1.22. The molecule has 0 aromatic carbocycles. The van der Waals surface area contributed by atoms with Gasteiger partial charge in [0.25, 0.3) is 0 Å². The highest BCUT2D eigenvalue weighted by Gasteiger charge is 2.21. The van der Waals surface area contributed by atoms with Crippen molar-refractivity contribution in [3.05, 3.63) is 23.3 Å². The summed E-state index contributed by atoms with van der Waals surface area (Å²) in [6.07, 6.45) is 4.90. The smallest absolute Gasteiger partial charge is 0.232 e. The summed E-state index contributed by atoms with van der Waals surface area (Å²) < 4.78 is 0.414. The molecule has 1 aromatic rings. The Balaban J connectivity index is 2.64. The molecule has 4 nitrogen and oxygen atoms in total. The minimum atomic E-state index is -0.258. The van der Waals surface area contributed by atoms with Gasteiger partial charge in [0.05, 0.1) is 0 Å². The van der Waals surface area contributed by atoms with Crippen LogP contribution in [0.5, 0.6) is 11.8 Å². The molecule has 0 spiro atoms. The molecule has 4 heteroatoms. The van der Waals surface area contributed by atoms with Gasteiger partial charge in [-0.1, -0.05) is 12.2 Å². The Labute approximate surface area is 69.0 Å². The fraction of sp³-hybridized carbons (Fsp3) is 0.250. The van der Waals surface area contributed by atoms with Crippen LogP contribution in [0.15, 0.2) is 12.2 Å². The maximum absolute atomic E-state index is 9.28. The molecule has 1 aromatic heterocycles. The van der Waals surface area contributed by atoms with Gasteiger partial charge in [-0.3, -0.25) is 0 Å². The molecule has 1 heterocycles. The van der Waals surface area contributed by atoms with Gasteiger partial charge in [0.15, 0.2) is 0 Å². The largest absolute Gasteiger partial charge is 0.492 e. The van der Waals surface area contributed by atoms with Crippen molar-refractivity contribution in [2.45, 2.75) is 12.8 Å². The van der Waals surface area contributed by atoms with E-state index in [4.69, 9.17) is 5.21 Å². The molecule has 0 fully saturated rings. The first-order valence-corrected chi connectivity index (χ1v) is 3.70. The quantitative estimate of drug-likeness (QED) is 0.395. The van der Waals surface area contributed by atoms with Crippen LogP contribution < -0.4 is 0 Å². The van der Waals surface area contributed by atoms with Crippen LogP contribution in [0.1, 0.15) is 11.1 Å². The molecule has 2 rings (SSSR count). The van der Waals surface area contributed by atoms with Gasteiger partial charge in [-0.15, -0.1) is 4.73 Å². The predicted molar refractivity (Wildman–Crippen MR) is 41.5 cm³/mol. The van der Waals surface area contributed by atoms with Gasteiger partial charge in [-0.2, -0.15) is 0 Å². The van der Waals surface area contributed by atoms with Gasteiger partial charge in [0.2, 0.25) is 11.8 Å². The van der Waals surface area contributed by atoms with E-state index in [0.29, 0.717) is 28.7 Å². The first kappa shape index (κ1) is 7.09. The highest BCUT2D eigenvalue weighted by Crippen LogP contribution is 2.35. The van der Waals surface area contributed by atoms with Crippen molar-refractivity contribution in [3.8, 4) is 11.8 Å². The van der Waals surface area contributed by atoms with E-state index in [2.05, 4.69) is 0 Å². The first-order chi connectivity index (χ1) is 5.72. The molecular weight excluding hydrogens is 158 g/mol. The molecular formula is C8H9NO3. The number of hydrogen-bond donors (Lipinski definition) is 3. The summed E-state index contributed by atoms with van der Waals surface area (Å²) in [6.45, 7) is 0. The molecule has 0 amide bonds. The van der Waals surface area contributed by atoms with E-state index in [1.165, 1.54) is 0 Å². The van der Waals surface area contributed by atoms with Gasteiger partial charge in [-0.05, 0) is 12.8 Å². The van der Waals surface area contributed by atoms with E-state index in [1.807, 2.05) is 12.2 Å². The summed E-state index contributed by atoms with van der Waals surface area (Å²) >= 11 is 0. The second kappa shape index (κ2) is 2.20. The molecule has 12 heavy (non-hydrogen) atoms. The monoisotopic (exact) mass is 167 g/mol. The molecule has 0 saturated carbocycles. The normalized spacial score (nSPS) is 14.7. The van der Waals surface area contributed by atoms with Gasteiger partial charge in [0.1, 0.15) is 0 Å². The third-order valence-corrected chi connectivity index (χ3v) is 2.12. The maximum Gasteiger partial charge on any atom is 0.232 e. The molecule has 3 N–H and O–H groups in total. The van der Waals surface area contributed by atoms with E-state index >= 15 is 0 Å². The van der Waals surface area contributed by atoms with E-state index in [9.17, 15) is 10.2 Å². The van der Waals surface area contributed by atoms with Crippen molar-refractivity contribution in [2.24, 2.45) is 0 Å². The van der Waals surface area contributed by atoms with E-state index in [-0.39, 0.29) is 11.8 Å². The number of aromatic hydroxyl groups is 2. The highest BCUT2D eigenvalue weighted by atomic mass is 16.5. The molecule has 1 aliphatic rings. The van der Waals surface area contributed by atoms with Crippen LogP contribution >= 0.6 is 0 Å². The Hall–Kier alpha value is -1.58. The van der Waals surface area contributed by atoms with Crippen molar-refractivity contribution < 1.29 is 15.4 Å². The Kier molecular flexibility index (Phi) is 1.30. The maximum atomic E-state index is 9.28. The molecule has 0 unspecified atom stereocenters. The second-order valence-electron chi connectivity index (χ2n) is 2.80. The van der Waals surface area contributed by atoms with Crippen molar-refractivity contribution >= 4 is 0 Å². The van der Waals surface area contributed by atoms with Gasteiger partial charge in [0, 0.05) is 11.1 Å². The van der Waals surface area contributed by atoms with Crippen LogP contribution in [-0.4, -0.2) is 20.2 Å². The summed E-state index contributed by atoms with van der Waals surface area (Å²) in [4.78, 5) is 0. The number of nitrogens with zero attached hydrogens (tertiary/aromatic N) is 1. The zero-order valence-electron chi connectivity index (χ0n) is 6.36. The Morgan fingerprint density at radius 2 is 1.42 bits per heavy atom. The first-order valence-electron chi connectivity index (χ1n) is 3.70. The zero-order chi connectivity index (χ0) is 8.72. The molecule has 0 saturated heterocycles. The molecule has 1 aliphatic carbocycles. The van der Waals surface area contributed by atoms with Gasteiger partial charge >= 0.3 is 0 Å². The lowest BCUT2D eigenvalue weighted by molar-refractivity contribution is 0.129. The van der Waals surface area contributed by atoms with Crippen LogP contribution in [0.3, 0.4) is 0 Å². The fourth-order valence-electron chi connectivity index (χ4n) is 1.46. The summed E-state index contributed by atoms with van der Waals surface area (Å²) in [5.74, 6) is -0.515. The van der Waals surface area contributed by atoms with Crippen LogP contribution in [-0.2, 0) is 12.8 Å². The lowest BCUT2D eigenvalue weighted by Crippen LogP contribution is -1.92. The van der Waals surface area contributed by atoms with Crippen LogP contribution in [0.4, 0.5) is 0 Å². The lowest BCUT2D eigenvalue weighted by atomic mass is 10.0. The average molecular weight is 167 g/mol. The van der Waals surface area contributed by atoms with Crippen LogP contribution in [0, 0.1) is 0 Å². The third kappa shape index (κ3) is 0.717. The van der Waals surface area contributed by atoms with Crippen molar-refractivity contribution in [1.82, 2.24) is 4.73 Å². The highest BCUT2D eigenvalue weighted by molar-refractivity contribution is 5.48. The van der Waals surface area contributed by atoms with Crippen molar-refractivity contribution in [1.29, 1.82) is 0 Å². The Morgan fingerprint density at radius 3 is 1.83 bits per heavy atom. The third-order valence-electron chi connectivity index (χ3n) is 2.12. The minimum absolute atomic E-state index is 0.258. The van der Waals surface area contributed by atoms with Gasteiger partial charge in [-0.25, -0.2) is 0 Å². The predicted octanol–water partition coefficient (Wildman–Crippen LogP) is 0.791. The number of hydrogen-bond acceptors (Lipinski definition) is 3. The molecule has 0 aliphatic heterocycles. The fourth-order valence-corrected chi connectivity index (χ4v) is 1.46. The van der Waals surface area contributed by atoms with Gasteiger partial charge < -0.3 is 15.4 Å². The van der Waals surface area contributed by atoms with Crippen molar-refractivity contribution in [3.63, 3.8) is 0 Å². The standard InChI is InChI=1S/C8H9NO3/c10-7-5-3-1-2-4-6(5)8(11)9(7)12/h1-2,10-12H,3-4H2. The Bertz CT molecular complexity index is 320. The lowest BCUT2D eigenvalue weighted by Gasteiger charge is -2.03. The number of aromatic nitrogens is 1. The SMILES string of the molecule is Oc1c2c(c(O)n1O)CC=CC2. The number of fused-ring (bicyclic) bond motifs is 1. The van der Waals surface area contributed by atoms with Crippen LogP contribution in [0.25, 0.3) is 0 Å². The molecule has 0 bridgehead atoms. The van der Waals surface area contributed by atoms with E-state index < -0.39 is 0 Å². The average Bonchev–Trinajstić information content (AvgIpc) is 2.33. The van der Waals surface area contributed by atoms with E-state index in [0.717, 1.165) is 0 Å². The summed E-state index contributed by atoms with van der Waals surface area (Å²) in [7, 11) is 0. The number of rotatable bonds is 0. The number of allylic oxidation sites excluding steroid dienone is 2.